The smallest absolute Gasteiger partial charge is 0.406 e. The molecule has 138 valence electrons. The van der Waals surface area contributed by atoms with Crippen molar-refractivity contribution in [2.24, 2.45) is 5.92 Å². The van der Waals surface area contributed by atoms with Crippen LogP contribution in [-0.4, -0.2) is 45.4 Å². The molecule has 1 heterocycles. The number of methoxy groups -OCH3 is 1. The van der Waals surface area contributed by atoms with Crippen LogP contribution in [0.2, 0.25) is 0 Å². The maximum Gasteiger partial charge on any atom is 0.406 e. The van der Waals surface area contributed by atoms with Crippen LogP contribution >= 0.6 is 0 Å². The number of carbonyl (C=O) groups is 1. The highest BCUT2D eigenvalue weighted by atomic mass is 16.7. The fourth-order valence-electron chi connectivity index (χ4n) is 3.69. The van der Waals surface area contributed by atoms with Crippen LogP contribution in [0.3, 0.4) is 0 Å². The summed E-state index contributed by atoms with van der Waals surface area (Å²) in [5, 5.41) is 2.58. The van der Waals surface area contributed by atoms with Crippen LogP contribution in [0.4, 0.5) is 4.79 Å². The second-order valence-electron chi connectivity index (χ2n) is 6.57. The van der Waals surface area contributed by atoms with Gasteiger partial charge in [-0.25, -0.2) is 4.79 Å². The lowest BCUT2D eigenvalue weighted by molar-refractivity contribution is -0.212. The summed E-state index contributed by atoms with van der Waals surface area (Å²) >= 11 is 0. The Labute approximate surface area is 148 Å². The van der Waals surface area contributed by atoms with Gasteiger partial charge in [0.1, 0.15) is 12.4 Å². The number of alkyl carbamates (subject to hydrolysis) is 1. The maximum absolute atomic E-state index is 11.0. The van der Waals surface area contributed by atoms with Gasteiger partial charge in [-0.15, -0.1) is 0 Å². The molecule has 0 radical (unpaired) electrons. The fraction of sp³-hybridized carbons (Fsp3) is 0.632. The van der Waals surface area contributed by atoms with Gasteiger partial charge in [-0.3, -0.25) is 0 Å². The van der Waals surface area contributed by atoms with Gasteiger partial charge < -0.3 is 24.3 Å². The van der Waals surface area contributed by atoms with Crippen molar-refractivity contribution in [2.45, 2.75) is 37.9 Å². The van der Waals surface area contributed by atoms with Gasteiger partial charge in [0.05, 0.1) is 26.9 Å². The number of rotatable bonds is 6. The first kappa shape index (κ1) is 18.0. The Kier molecular flexibility index (Phi) is 6.15. The van der Waals surface area contributed by atoms with Crippen LogP contribution in [0.5, 0.6) is 5.75 Å². The molecule has 1 saturated carbocycles. The van der Waals surface area contributed by atoms with Crippen molar-refractivity contribution in [2.75, 3.05) is 33.5 Å². The summed E-state index contributed by atoms with van der Waals surface area (Å²) in [7, 11) is 1.34. The molecule has 1 N–H and O–H groups in total. The van der Waals surface area contributed by atoms with E-state index in [1.807, 2.05) is 12.1 Å². The summed E-state index contributed by atoms with van der Waals surface area (Å²) in [6, 6.07) is 8.14. The number of ether oxygens (including phenoxy) is 4. The first-order valence-corrected chi connectivity index (χ1v) is 9.03. The van der Waals surface area contributed by atoms with Crippen LogP contribution in [0.1, 0.15) is 31.2 Å². The Balaban J connectivity index is 1.49. The van der Waals surface area contributed by atoms with Crippen molar-refractivity contribution in [3.8, 4) is 5.75 Å². The van der Waals surface area contributed by atoms with Crippen LogP contribution in [0.15, 0.2) is 24.3 Å². The molecule has 1 aliphatic heterocycles. The van der Waals surface area contributed by atoms with E-state index in [9.17, 15) is 4.79 Å². The number of benzene rings is 1. The minimum atomic E-state index is -0.447. The molecule has 0 aromatic heterocycles. The van der Waals surface area contributed by atoms with Crippen molar-refractivity contribution < 1.29 is 23.7 Å². The van der Waals surface area contributed by atoms with Crippen molar-refractivity contribution in [1.82, 2.24) is 5.32 Å². The standard InChI is InChI=1S/C19H27NO5/c1-22-18(21)20-10-11-23-17-7-5-15(6-8-17)14-16-4-2-3-9-19(16)24-12-13-25-19/h5-8,16H,2-4,9-14H2,1H3,(H,20,21). The molecule has 1 saturated heterocycles. The Morgan fingerprint density at radius 2 is 2.00 bits per heavy atom. The van der Waals surface area contributed by atoms with Crippen molar-refractivity contribution in [1.29, 1.82) is 0 Å². The van der Waals surface area contributed by atoms with E-state index in [0.717, 1.165) is 25.0 Å². The Hall–Kier alpha value is -1.79. The Bertz CT molecular complexity index is 553. The third-order valence-electron chi connectivity index (χ3n) is 4.96. The minimum Gasteiger partial charge on any atom is -0.492 e. The third-order valence-corrected chi connectivity index (χ3v) is 4.96. The van der Waals surface area contributed by atoms with Gasteiger partial charge in [0.15, 0.2) is 5.79 Å². The molecular weight excluding hydrogens is 322 g/mol. The number of hydrogen-bond donors (Lipinski definition) is 1. The molecule has 1 aromatic carbocycles. The van der Waals surface area contributed by atoms with E-state index in [-0.39, 0.29) is 5.79 Å². The molecule has 6 heteroatoms. The molecule has 2 fully saturated rings. The average molecular weight is 349 g/mol. The Morgan fingerprint density at radius 3 is 2.72 bits per heavy atom. The summed E-state index contributed by atoms with van der Waals surface area (Å²) in [5.41, 5.74) is 1.27. The summed E-state index contributed by atoms with van der Waals surface area (Å²) in [6.07, 6.45) is 5.10. The highest BCUT2D eigenvalue weighted by Gasteiger charge is 2.45. The molecule has 1 atom stereocenters. The van der Waals surface area contributed by atoms with Crippen molar-refractivity contribution in [3.05, 3.63) is 29.8 Å². The molecule has 1 aliphatic carbocycles. The molecule has 1 unspecified atom stereocenters. The molecule has 0 bridgehead atoms. The van der Waals surface area contributed by atoms with E-state index in [0.29, 0.717) is 32.3 Å². The number of amides is 1. The molecular formula is C19H27NO5. The maximum atomic E-state index is 11.0. The van der Waals surface area contributed by atoms with E-state index in [1.54, 1.807) is 0 Å². The lowest BCUT2D eigenvalue weighted by atomic mass is 9.79. The summed E-state index contributed by atoms with van der Waals surface area (Å²) in [4.78, 5) is 11.0. The highest BCUT2D eigenvalue weighted by Crippen LogP contribution is 2.42. The van der Waals surface area contributed by atoms with Gasteiger partial charge in [-0.05, 0) is 37.0 Å². The van der Waals surface area contributed by atoms with Gasteiger partial charge in [0.25, 0.3) is 0 Å². The quantitative estimate of drug-likeness (QED) is 0.800. The highest BCUT2D eigenvalue weighted by molar-refractivity contribution is 5.66. The second kappa shape index (κ2) is 8.54. The van der Waals surface area contributed by atoms with Crippen LogP contribution in [0.25, 0.3) is 0 Å². The van der Waals surface area contributed by atoms with E-state index in [2.05, 4.69) is 22.2 Å². The van der Waals surface area contributed by atoms with Gasteiger partial charge in [0.2, 0.25) is 0 Å². The largest absolute Gasteiger partial charge is 0.492 e. The van der Waals surface area contributed by atoms with Crippen LogP contribution < -0.4 is 10.1 Å². The van der Waals surface area contributed by atoms with E-state index < -0.39 is 6.09 Å². The molecule has 1 amide bonds. The zero-order valence-electron chi connectivity index (χ0n) is 14.8. The molecule has 2 aliphatic rings. The molecule has 3 rings (SSSR count). The minimum absolute atomic E-state index is 0.354. The van der Waals surface area contributed by atoms with Crippen LogP contribution in [0, 0.1) is 5.92 Å². The monoisotopic (exact) mass is 349 g/mol. The zero-order chi connectivity index (χ0) is 17.5. The fourth-order valence-corrected chi connectivity index (χ4v) is 3.69. The third kappa shape index (κ3) is 4.64. The number of carbonyl (C=O) groups excluding carboxylic acids is 1. The van der Waals surface area contributed by atoms with Crippen LogP contribution in [-0.2, 0) is 20.6 Å². The molecule has 6 nitrogen and oxygen atoms in total. The van der Waals surface area contributed by atoms with Gasteiger partial charge in [-0.1, -0.05) is 18.6 Å². The van der Waals surface area contributed by atoms with Gasteiger partial charge in [0, 0.05) is 12.3 Å². The zero-order valence-corrected chi connectivity index (χ0v) is 14.8. The average Bonchev–Trinajstić information content (AvgIpc) is 3.11. The first-order valence-electron chi connectivity index (χ1n) is 9.03. The summed E-state index contributed by atoms with van der Waals surface area (Å²) in [6.45, 7) is 2.24. The van der Waals surface area contributed by atoms with E-state index in [4.69, 9.17) is 14.2 Å². The number of nitrogens with one attached hydrogen (secondary N) is 1. The molecule has 25 heavy (non-hydrogen) atoms. The molecule has 1 spiro atoms. The predicted molar refractivity (Wildman–Crippen MR) is 92.6 cm³/mol. The van der Waals surface area contributed by atoms with Crippen molar-refractivity contribution in [3.63, 3.8) is 0 Å². The predicted octanol–water partition coefficient (Wildman–Crippen LogP) is 2.90. The van der Waals surface area contributed by atoms with E-state index in [1.165, 1.54) is 25.5 Å². The van der Waals surface area contributed by atoms with Gasteiger partial charge in [-0.2, -0.15) is 0 Å². The second-order valence-corrected chi connectivity index (χ2v) is 6.57. The SMILES string of the molecule is COC(=O)NCCOc1ccc(CC2CCCCC23OCCO3)cc1. The van der Waals surface area contributed by atoms with Crippen molar-refractivity contribution >= 4 is 6.09 Å². The lowest BCUT2D eigenvalue weighted by Crippen LogP contribution is -2.42. The Morgan fingerprint density at radius 1 is 1.24 bits per heavy atom. The summed E-state index contributed by atoms with van der Waals surface area (Å²) < 4.78 is 22.1. The summed E-state index contributed by atoms with van der Waals surface area (Å²) in [5.74, 6) is 0.856. The normalized spacial score (nSPS) is 21.9. The van der Waals surface area contributed by atoms with Gasteiger partial charge >= 0.3 is 6.09 Å². The first-order chi connectivity index (χ1) is 12.2. The molecule has 1 aromatic rings. The number of hydrogen-bond acceptors (Lipinski definition) is 5. The van der Waals surface area contributed by atoms with E-state index >= 15 is 0 Å². The topological polar surface area (TPSA) is 66.0 Å². The lowest BCUT2D eigenvalue weighted by Gasteiger charge is -2.39.